The fourth-order valence-electron chi connectivity index (χ4n) is 0.754. The molecule has 11 heavy (non-hydrogen) atoms. The number of aliphatic hydroxyl groups is 1. The van der Waals surface area contributed by atoms with Gasteiger partial charge >= 0.3 is 0 Å². The zero-order valence-corrected chi connectivity index (χ0v) is 6.01. The minimum atomic E-state index is -2.38. The fraction of sp³-hybridized carbons (Fsp3) is 0.250. The Hall–Kier alpha value is -0.960. The fourth-order valence-corrected chi connectivity index (χ4v) is 0.754. The highest BCUT2D eigenvalue weighted by atomic mass is 19.2. The van der Waals surface area contributed by atoms with Gasteiger partial charge in [-0.2, -0.15) is 0 Å². The SMILES string of the molecule is CC(O)(F)c1ccc(F)cc1. The van der Waals surface area contributed by atoms with Crippen LogP contribution in [0.1, 0.15) is 12.5 Å². The molecule has 0 saturated carbocycles. The monoisotopic (exact) mass is 158 g/mol. The molecule has 0 fully saturated rings. The van der Waals surface area contributed by atoms with Crippen molar-refractivity contribution < 1.29 is 13.9 Å². The lowest BCUT2D eigenvalue weighted by atomic mass is 10.1. The lowest BCUT2D eigenvalue weighted by molar-refractivity contribution is -0.0769. The van der Waals surface area contributed by atoms with Gasteiger partial charge in [0.2, 0.25) is 5.85 Å². The molecule has 0 bridgehead atoms. The van der Waals surface area contributed by atoms with Crippen molar-refractivity contribution in [3.8, 4) is 0 Å². The molecule has 0 saturated heterocycles. The summed E-state index contributed by atoms with van der Waals surface area (Å²) in [5, 5.41) is 8.79. The molecular formula is C8H8F2O. The van der Waals surface area contributed by atoms with Crippen LogP contribution in [0.15, 0.2) is 24.3 Å². The van der Waals surface area contributed by atoms with Gasteiger partial charge in [-0.15, -0.1) is 0 Å². The Balaban J connectivity index is 2.99. The molecule has 0 aliphatic carbocycles. The van der Waals surface area contributed by atoms with Gasteiger partial charge in [-0.1, -0.05) is 12.1 Å². The first-order valence-corrected chi connectivity index (χ1v) is 3.17. The van der Waals surface area contributed by atoms with Crippen molar-refractivity contribution in [1.82, 2.24) is 0 Å². The number of benzene rings is 1. The van der Waals surface area contributed by atoms with Gasteiger partial charge in [0.25, 0.3) is 0 Å². The molecule has 3 heteroatoms. The summed E-state index contributed by atoms with van der Waals surface area (Å²) in [5.74, 6) is -2.83. The summed E-state index contributed by atoms with van der Waals surface area (Å²) >= 11 is 0. The van der Waals surface area contributed by atoms with Gasteiger partial charge in [0.05, 0.1) is 0 Å². The molecule has 0 amide bonds. The molecule has 60 valence electrons. The van der Waals surface area contributed by atoms with Gasteiger partial charge in [0.15, 0.2) is 0 Å². The predicted octanol–water partition coefficient (Wildman–Crippen LogP) is 1.96. The van der Waals surface area contributed by atoms with E-state index in [4.69, 9.17) is 5.11 Å². The standard InChI is InChI=1S/C8H8F2O/c1-8(10,11)6-2-4-7(9)5-3-6/h2-5,11H,1H3. The second-order valence-electron chi connectivity index (χ2n) is 2.46. The topological polar surface area (TPSA) is 20.2 Å². The van der Waals surface area contributed by atoms with E-state index in [0.717, 1.165) is 19.1 Å². The van der Waals surface area contributed by atoms with Crippen LogP contribution < -0.4 is 0 Å². The van der Waals surface area contributed by atoms with E-state index in [1.54, 1.807) is 0 Å². The van der Waals surface area contributed by atoms with Crippen molar-refractivity contribution in [2.45, 2.75) is 12.8 Å². The van der Waals surface area contributed by atoms with Crippen LogP contribution in [0.4, 0.5) is 8.78 Å². The van der Waals surface area contributed by atoms with Crippen molar-refractivity contribution in [3.63, 3.8) is 0 Å². The Bertz CT molecular complexity index is 235. The second kappa shape index (κ2) is 2.58. The quantitative estimate of drug-likeness (QED) is 0.662. The Morgan fingerprint density at radius 1 is 1.27 bits per heavy atom. The van der Waals surface area contributed by atoms with Crippen LogP contribution in [-0.2, 0) is 5.85 Å². The second-order valence-corrected chi connectivity index (χ2v) is 2.46. The van der Waals surface area contributed by atoms with Crippen LogP contribution in [0, 0.1) is 5.82 Å². The van der Waals surface area contributed by atoms with Gasteiger partial charge in [-0.05, 0) is 19.1 Å². The largest absolute Gasteiger partial charge is 0.358 e. The van der Waals surface area contributed by atoms with Crippen LogP contribution in [0.25, 0.3) is 0 Å². The van der Waals surface area contributed by atoms with Crippen LogP contribution in [0.5, 0.6) is 0 Å². The maximum atomic E-state index is 12.7. The van der Waals surface area contributed by atoms with Crippen molar-refractivity contribution in [2.24, 2.45) is 0 Å². The highest BCUT2D eigenvalue weighted by Gasteiger charge is 2.20. The van der Waals surface area contributed by atoms with Crippen LogP contribution in [0.2, 0.25) is 0 Å². The molecule has 1 nitrogen and oxygen atoms in total. The molecule has 1 unspecified atom stereocenters. The highest BCUT2D eigenvalue weighted by Crippen LogP contribution is 2.21. The van der Waals surface area contributed by atoms with Crippen LogP contribution >= 0.6 is 0 Å². The maximum absolute atomic E-state index is 12.7. The zero-order chi connectivity index (χ0) is 8.48. The molecule has 1 atom stereocenters. The minimum Gasteiger partial charge on any atom is -0.358 e. The van der Waals surface area contributed by atoms with E-state index < -0.39 is 11.7 Å². The van der Waals surface area contributed by atoms with Gasteiger partial charge in [-0.3, -0.25) is 0 Å². The summed E-state index contributed by atoms with van der Waals surface area (Å²) in [7, 11) is 0. The van der Waals surface area contributed by atoms with Gasteiger partial charge in [-0.25, -0.2) is 8.78 Å². The predicted molar refractivity (Wildman–Crippen MR) is 37.1 cm³/mol. The zero-order valence-electron chi connectivity index (χ0n) is 6.01. The molecule has 1 aromatic rings. The van der Waals surface area contributed by atoms with Gasteiger partial charge in [0, 0.05) is 5.56 Å². The van der Waals surface area contributed by atoms with Crippen LogP contribution in [-0.4, -0.2) is 5.11 Å². The van der Waals surface area contributed by atoms with E-state index >= 15 is 0 Å². The summed E-state index contributed by atoms with van der Waals surface area (Å²) in [6.07, 6.45) is 0. The Labute approximate surface area is 63.3 Å². The van der Waals surface area contributed by atoms with Crippen molar-refractivity contribution in [3.05, 3.63) is 35.6 Å². The number of halogens is 2. The molecule has 0 aliphatic rings. The van der Waals surface area contributed by atoms with Gasteiger partial charge < -0.3 is 5.11 Å². The lowest BCUT2D eigenvalue weighted by Gasteiger charge is -2.12. The Morgan fingerprint density at radius 2 is 1.73 bits per heavy atom. The summed E-state index contributed by atoms with van der Waals surface area (Å²) in [6.45, 7) is 1.00. The van der Waals surface area contributed by atoms with E-state index in [1.807, 2.05) is 0 Å². The van der Waals surface area contributed by atoms with Crippen molar-refractivity contribution in [1.29, 1.82) is 0 Å². The average molecular weight is 158 g/mol. The highest BCUT2D eigenvalue weighted by molar-refractivity contribution is 5.19. The number of hydrogen-bond donors (Lipinski definition) is 1. The van der Waals surface area contributed by atoms with E-state index in [-0.39, 0.29) is 5.56 Å². The van der Waals surface area contributed by atoms with E-state index in [2.05, 4.69) is 0 Å². The first-order chi connectivity index (χ1) is 5.00. The Morgan fingerprint density at radius 3 is 2.09 bits per heavy atom. The van der Waals surface area contributed by atoms with Crippen molar-refractivity contribution in [2.75, 3.05) is 0 Å². The number of rotatable bonds is 1. The maximum Gasteiger partial charge on any atom is 0.230 e. The van der Waals surface area contributed by atoms with E-state index in [9.17, 15) is 8.78 Å². The smallest absolute Gasteiger partial charge is 0.230 e. The molecule has 0 aromatic heterocycles. The molecule has 1 rings (SSSR count). The van der Waals surface area contributed by atoms with Gasteiger partial charge in [0.1, 0.15) is 5.82 Å². The average Bonchev–Trinajstić information content (AvgIpc) is 1.86. The minimum absolute atomic E-state index is 0.0545. The summed E-state index contributed by atoms with van der Waals surface area (Å²) in [5.41, 5.74) is 0.0545. The molecular weight excluding hydrogens is 150 g/mol. The molecule has 0 heterocycles. The Kier molecular flexibility index (Phi) is 1.91. The third kappa shape index (κ3) is 1.98. The molecule has 1 N–H and O–H groups in total. The van der Waals surface area contributed by atoms with Crippen LogP contribution in [0.3, 0.4) is 0 Å². The number of alkyl halides is 1. The third-order valence-electron chi connectivity index (χ3n) is 1.37. The third-order valence-corrected chi connectivity index (χ3v) is 1.37. The summed E-state index contributed by atoms with van der Waals surface area (Å²) in [6, 6.07) is 4.61. The molecule has 0 radical (unpaired) electrons. The molecule has 0 aliphatic heterocycles. The summed E-state index contributed by atoms with van der Waals surface area (Å²) < 4.78 is 25.0. The van der Waals surface area contributed by atoms with E-state index in [0.29, 0.717) is 0 Å². The first-order valence-electron chi connectivity index (χ1n) is 3.17. The molecule has 1 aromatic carbocycles. The first kappa shape index (κ1) is 8.14. The summed E-state index contributed by atoms with van der Waals surface area (Å²) in [4.78, 5) is 0. The number of hydrogen-bond acceptors (Lipinski definition) is 1. The lowest BCUT2D eigenvalue weighted by Crippen LogP contribution is -2.12. The molecule has 0 spiro atoms. The van der Waals surface area contributed by atoms with E-state index in [1.165, 1.54) is 12.1 Å². The normalized spacial score (nSPS) is 16.0. The van der Waals surface area contributed by atoms with Crippen molar-refractivity contribution >= 4 is 0 Å².